The molecule has 0 atom stereocenters. The first-order valence-electron chi connectivity index (χ1n) is 8.25. The standard InChI is InChI=1S/C21H14ClN3O2/c22-15-7-9-16(10-8-15)24-20(26)14-5-11-17(12-6-14)25-13-23-19-4-2-1-3-18(19)21(25)27/h1-13H,(H,24,26). The van der Waals surface area contributed by atoms with Gasteiger partial charge in [-0.05, 0) is 60.7 Å². The topological polar surface area (TPSA) is 64.0 Å². The van der Waals surface area contributed by atoms with Crippen molar-refractivity contribution in [1.29, 1.82) is 0 Å². The van der Waals surface area contributed by atoms with E-state index in [0.717, 1.165) is 0 Å². The average molecular weight is 376 g/mol. The Hall–Kier alpha value is -3.44. The van der Waals surface area contributed by atoms with Crippen molar-refractivity contribution in [3.8, 4) is 5.69 Å². The molecule has 0 aliphatic heterocycles. The van der Waals surface area contributed by atoms with Crippen molar-refractivity contribution in [3.63, 3.8) is 0 Å². The van der Waals surface area contributed by atoms with E-state index >= 15 is 0 Å². The lowest BCUT2D eigenvalue weighted by atomic mass is 10.2. The molecule has 0 aliphatic rings. The predicted octanol–water partition coefficient (Wildman–Crippen LogP) is 4.29. The minimum absolute atomic E-state index is 0.154. The zero-order valence-corrected chi connectivity index (χ0v) is 14.9. The molecule has 1 N–H and O–H groups in total. The lowest BCUT2D eigenvalue weighted by molar-refractivity contribution is 0.102. The highest BCUT2D eigenvalue weighted by atomic mass is 35.5. The normalized spacial score (nSPS) is 10.7. The lowest BCUT2D eigenvalue weighted by Gasteiger charge is -2.08. The molecule has 1 heterocycles. The largest absolute Gasteiger partial charge is 0.322 e. The quantitative estimate of drug-likeness (QED) is 0.581. The Morgan fingerprint density at radius 1 is 0.926 bits per heavy atom. The van der Waals surface area contributed by atoms with Crippen LogP contribution in [0.4, 0.5) is 5.69 Å². The van der Waals surface area contributed by atoms with Crippen LogP contribution < -0.4 is 10.9 Å². The van der Waals surface area contributed by atoms with Gasteiger partial charge in [-0.25, -0.2) is 4.98 Å². The number of rotatable bonds is 3. The maximum absolute atomic E-state index is 12.6. The fraction of sp³-hybridized carbons (Fsp3) is 0. The molecule has 132 valence electrons. The first-order chi connectivity index (χ1) is 13.1. The Morgan fingerprint density at radius 2 is 1.63 bits per heavy atom. The number of nitrogens with one attached hydrogen (secondary N) is 1. The molecule has 0 radical (unpaired) electrons. The van der Waals surface area contributed by atoms with Crippen LogP contribution in [0.1, 0.15) is 10.4 Å². The molecule has 4 rings (SSSR count). The summed E-state index contributed by atoms with van der Waals surface area (Å²) in [6.07, 6.45) is 1.49. The molecule has 0 spiro atoms. The summed E-state index contributed by atoms with van der Waals surface area (Å²) in [5, 5.41) is 3.95. The zero-order valence-electron chi connectivity index (χ0n) is 14.1. The number of halogens is 1. The Balaban J connectivity index is 1.60. The highest BCUT2D eigenvalue weighted by Gasteiger charge is 2.09. The summed E-state index contributed by atoms with van der Waals surface area (Å²) in [6.45, 7) is 0. The van der Waals surface area contributed by atoms with E-state index in [1.165, 1.54) is 10.9 Å². The second-order valence-electron chi connectivity index (χ2n) is 5.94. The molecule has 5 nitrogen and oxygen atoms in total. The van der Waals surface area contributed by atoms with E-state index in [0.29, 0.717) is 32.9 Å². The van der Waals surface area contributed by atoms with Crippen LogP contribution in [0.25, 0.3) is 16.6 Å². The Bertz CT molecular complexity index is 1180. The fourth-order valence-corrected chi connectivity index (χ4v) is 2.89. The van der Waals surface area contributed by atoms with Gasteiger partial charge in [0.15, 0.2) is 0 Å². The van der Waals surface area contributed by atoms with E-state index in [-0.39, 0.29) is 11.5 Å². The van der Waals surface area contributed by atoms with Crippen LogP contribution in [0.2, 0.25) is 5.02 Å². The number of hydrogen-bond donors (Lipinski definition) is 1. The van der Waals surface area contributed by atoms with Crippen molar-refractivity contribution < 1.29 is 4.79 Å². The lowest BCUT2D eigenvalue weighted by Crippen LogP contribution is -2.19. The van der Waals surface area contributed by atoms with Crippen molar-refractivity contribution in [3.05, 3.63) is 100 Å². The molecular formula is C21H14ClN3O2. The number of amides is 1. The zero-order chi connectivity index (χ0) is 18.8. The predicted molar refractivity (Wildman–Crippen MR) is 107 cm³/mol. The van der Waals surface area contributed by atoms with Gasteiger partial charge in [-0.15, -0.1) is 0 Å². The molecule has 0 fully saturated rings. The van der Waals surface area contributed by atoms with Gasteiger partial charge in [0.2, 0.25) is 0 Å². The molecule has 0 saturated carbocycles. The van der Waals surface area contributed by atoms with Crippen LogP contribution >= 0.6 is 11.6 Å². The first-order valence-corrected chi connectivity index (χ1v) is 8.63. The van der Waals surface area contributed by atoms with Gasteiger partial charge in [0.25, 0.3) is 11.5 Å². The van der Waals surface area contributed by atoms with E-state index in [1.54, 1.807) is 66.7 Å². The average Bonchev–Trinajstić information content (AvgIpc) is 2.70. The van der Waals surface area contributed by atoms with Crippen molar-refractivity contribution >= 4 is 34.1 Å². The van der Waals surface area contributed by atoms with Gasteiger partial charge in [-0.3, -0.25) is 14.2 Å². The molecule has 1 amide bonds. The van der Waals surface area contributed by atoms with Gasteiger partial charge in [0, 0.05) is 16.3 Å². The maximum Gasteiger partial charge on any atom is 0.265 e. The van der Waals surface area contributed by atoms with Crippen LogP contribution in [0, 0.1) is 0 Å². The van der Waals surface area contributed by atoms with Gasteiger partial charge in [-0.1, -0.05) is 23.7 Å². The smallest absolute Gasteiger partial charge is 0.265 e. The third kappa shape index (κ3) is 3.45. The highest BCUT2D eigenvalue weighted by Crippen LogP contribution is 2.15. The van der Waals surface area contributed by atoms with Gasteiger partial charge >= 0.3 is 0 Å². The summed E-state index contributed by atoms with van der Waals surface area (Å²) in [5.74, 6) is -0.243. The van der Waals surface area contributed by atoms with E-state index in [4.69, 9.17) is 11.6 Å². The minimum Gasteiger partial charge on any atom is -0.322 e. The van der Waals surface area contributed by atoms with Crippen LogP contribution in [-0.2, 0) is 0 Å². The third-order valence-corrected chi connectivity index (χ3v) is 4.43. The van der Waals surface area contributed by atoms with E-state index in [9.17, 15) is 9.59 Å². The van der Waals surface area contributed by atoms with Crippen molar-refractivity contribution in [2.24, 2.45) is 0 Å². The number of anilines is 1. The van der Waals surface area contributed by atoms with Gasteiger partial charge < -0.3 is 5.32 Å². The highest BCUT2D eigenvalue weighted by molar-refractivity contribution is 6.30. The molecule has 3 aromatic carbocycles. The molecule has 0 bridgehead atoms. The van der Waals surface area contributed by atoms with Crippen molar-refractivity contribution in [2.45, 2.75) is 0 Å². The van der Waals surface area contributed by atoms with Gasteiger partial charge in [0.1, 0.15) is 6.33 Å². The van der Waals surface area contributed by atoms with E-state index in [1.807, 2.05) is 6.07 Å². The maximum atomic E-state index is 12.6. The van der Waals surface area contributed by atoms with Crippen LogP contribution in [0.3, 0.4) is 0 Å². The number of benzene rings is 3. The summed E-state index contributed by atoms with van der Waals surface area (Å²) < 4.78 is 1.46. The second kappa shape index (κ2) is 7.05. The van der Waals surface area contributed by atoms with Crippen molar-refractivity contribution in [1.82, 2.24) is 9.55 Å². The fourth-order valence-electron chi connectivity index (χ4n) is 2.76. The summed E-state index contributed by atoms with van der Waals surface area (Å²) in [5.41, 5.74) is 2.27. The summed E-state index contributed by atoms with van der Waals surface area (Å²) in [4.78, 5) is 29.3. The van der Waals surface area contributed by atoms with Gasteiger partial charge in [-0.2, -0.15) is 0 Å². The molecule has 27 heavy (non-hydrogen) atoms. The number of aromatic nitrogens is 2. The molecular weight excluding hydrogens is 362 g/mol. The number of nitrogens with zero attached hydrogens (tertiary/aromatic N) is 2. The monoisotopic (exact) mass is 375 g/mol. The molecule has 0 aliphatic carbocycles. The van der Waals surface area contributed by atoms with Crippen LogP contribution in [0.5, 0.6) is 0 Å². The minimum atomic E-state index is -0.243. The van der Waals surface area contributed by atoms with Crippen LogP contribution in [-0.4, -0.2) is 15.5 Å². The van der Waals surface area contributed by atoms with Crippen LogP contribution in [0.15, 0.2) is 83.9 Å². The van der Waals surface area contributed by atoms with E-state index in [2.05, 4.69) is 10.3 Å². The first kappa shape index (κ1) is 17.0. The number of fused-ring (bicyclic) bond motifs is 1. The molecule has 6 heteroatoms. The Morgan fingerprint density at radius 3 is 2.37 bits per heavy atom. The molecule has 1 aromatic heterocycles. The molecule has 4 aromatic rings. The number of para-hydroxylation sites is 1. The molecule has 0 unspecified atom stereocenters. The summed E-state index contributed by atoms with van der Waals surface area (Å²) >= 11 is 5.84. The Kier molecular flexibility index (Phi) is 4.44. The Labute approximate surface area is 159 Å². The number of carbonyl (C=O) groups excluding carboxylic acids is 1. The number of carbonyl (C=O) groups is 1. The molecule has 0 saturated heterocycles. The third-order valence-electron chi connectivity index (χ3n) is 4.18. The summed E-state index contributed by atoms with van der Waals surface area (Å²) in [6, 6.07) is 20.8. The SMILES string of the molecule is O=C(Nc1ccc(Cl)cc1)c1ccc(-n2cnc3ccccc3c2=O)cc1. The summed E-state index contributed by atoms with van der Waals surface area (Å²) in [7, 11) is 0. The second-order valence-corrected chi connectivity index (χ2v) is 6.38. The number of hydrogen-bond acceptors (Lipinski definition) is 3. The van der Waals surface area contributed by atoms with E-state index < -0.39 is 0 Å². The van der Waals surface area contributed by atoms with Crippen molar-refractivity contribution in [2.75, 3.05) is 5.32 Å². The van der Waals surface area contributed by atoms with Gasteiger partial charge in [0.05, 0.1) is 16.6 Å².